The predicted octanol–water partition coefficient (Wildman–Crippen LogP) is 6.26. The predicted molar refractivity (Wildman–Crippen MR) is 102 cm³/mol. The zero-order valence-electron chi connectivity index (χ0n) is 16.7. The van der Waals surface area contributed by atoms with Gasteiger partial charge < -0.3 is 9.84 Å². The molecule has 0 aliphatic carbocycles. The van der Waals surface area contributed by atoms with E-state index in [1.807, 2.05) is 0 Å². The van der Waals surface area contributed by atoms with Crippen LogP contribution in [0.1, 0.15) is 96.9 Å². The maximum atomic E-state index is 10.9. The van der Waals surface area contributed by atoms with E-state index in [0.717, 1.165) is 24.2 Å². The summed E-state index contributed by atoms with van der Waals surface area (Å²) < 4.78 is 6.22. The summed E-state index contributed by atoms with van der Waals surface area (Å²) in [6.45, 7) is 16.1. The van der Waals surface area contributed by atoms with E-state index in [0.29, 0.717) is 11.7 Å². The minimum Gasteiger partial charge on any atom is -0.507 e. The van der Waals surface area contributed by atoms with Gasteiger partial charge in [-0.3, -0.25) is 0 Å². The largest absolute Gasteiger partial charge is 0.507 e. The van der Waals surface area contributed by atoms with Gasteiger partial charge >= 0.3 is 0 Å². The lowest BCUT2D eigenvalue weighted by Gasteiger charge is -2.33. The van der Waals surface area contributed by atoms with Crippen molar-refractivity contribution in [2.75, 3.05) is 6.61 Å². The van der Waals surface area contributed by atoms with Crippen LogP contribution < -0.4 is 0 Å². The standard InChI is InChI=1S/C22H36O2/c1-8-9-15-10-11-19(24-14-15)16-12-17(21(2,3)4)20(23)18(13-16)22(5,6)7/h12-13,15,19,23H,8-11,14H2,1-7H3. The molecule has 2 atom stereocenters. The Bertz CT molecular complexity index is 517. The molecule has 0 radical (unpaired) electrons. The molecule has 0 spiro atoms. The van der Waals surface area contributed by atoms with Crippen LogP contribution in [0, 0.1) is 5.92 Å². The number of phenolic OH excluding ortho intramolecular Hbond substituents is 1. The second-order valence-electron chi connectivity index (χ2n) is 9.52. The van der Waals surface area contributed by atoms with E-state index in [4.69, 9.17) is 4.74 Å². The molecule has 0 bridgehead atoms. The van der Waals surface area contributed by atoms with Crippen molar-refractivity contribution in [1.29, 1.82) is 0 Å². The Morgan fingerprint density at radius 3 is 1.92 bits per heavy atom. The molecule has 1 saturated heterocycles. The van der Waals surface area contributed by atoms with Crippen LogP contribution in [-0.4, -0.2) is 11.7 Å². The number of aromatic hydroxyl groups is 1. The molecule has 0 aromatic heterocycles. The molecule has 0 saturated carbocycles. The van der Waals surface area contributed by atoms with Crippen molar-refractivity contribution in [1.82, 2.24) is 0 Å². The van der Waals surface area contributed by atoms with Crippen LogP contribution in [-0.2, 0) is 15.6 Å². The Morgan fingerprint density at radius 2 is 1.54 bits per heavy atom. The molecule has 2 nitrogen and oxygen atoms in total. The summed E-state index contributed by atoms with van der Waals surface area (Å²) in [5.41, 5.74) is 3.13. The molecular formula is C22H36O2. The molecule has 1 aromatic carbocycles. The van der Waals surface area contributed by atoms with E-state index in [1.54, 1.807) is 0 Å². The molecule has 1 aliphatic heterocycles. The summed E-state index contributed by atoms with van der Waals surface area (Å²) in [7, 11) is 0. The van der Waals surface area contributed by atoms with Crippen LogP contribution in [0.3, 0.4) is 0 Å². The second kappa shape index (κ2) is 7.07. The van der Waals surface area contributed by atoms with E-state index in [2.05, 4.69) is 60.6 Å². The third kappa shape index (κ3) is 4.33. The monoisotopic (exact) mass is 332 g/mol. The van der Waals surface area contributed by atoms with E-state index in [-0.39, 0.29) is 16.9 Å². The van der Waals surface area contributed by atoms with Gasteiger partial charge in [0.25, 0.3) is 0 Å². The Balaban J connectivity index is 2.37. The molecule has 1 N–H and O–H groups in total. The molecular weight excluding hydrogens is 296 g/mol. The fourth-order valence-corrected chi connectivity index (χ4v) is 3.69. The third-order valence-electron chi connectivity index (χ3n) is 5.19. The molecule has 1 aliphatic rings. The highest BCUT2D eigenvalue weighted by Crippen LogP contribution is 2.43. The number of ether oxygens (including phenoxy) is 1. The van der Waals surface area contributed by atoms with Gasteiger partial charge in [0, 0.05) is 0 Å². The van der Waals surface area contributed by atoms with Crippen molar-refractivity contribution < 1.29 is 9.84 Å². The van der Waals surface area contributed by atoms with E-state index >= 15 is 0 Å². The lowest BCUT2D eigenvalue weighted by atomic mass is 9.77. The van der Waals surface area contributed by atoms with Gasteiger partial charge in [-0.2, -0.15) is 0 Å². The number of hydrogen-bond acceptors (Lipinski definition) is 2. The molecule has 2 heteroatoms. The first-order chi connectivity index (χ1) is 11.0. The van der Waals surface area contributed by atoms with Crippen molar-refractivity contribution in [3.05, 3.63) is 28.8 Å². The van der Waals surface area contributed by atoms with Crippen LogP contribution in [0.5, 0.6) is 5.75 Å². The normalized spacial score (nSPS) is 22.6. The van der Waals surface area contributed by atoms with Crippen LogP contribution in [0.15, 0.2) is 12.1 Å². The number of benzene rings is 1. The van der Waals surface area contributed by atoms with Gasteiger partial charge in [-0.25, -0.2) is 0 Å². The average Bonchev–Trinajstić information content (AvgIpc) is 2.46. The van der Waals surface area contributed by atoms with Crippen molar-refractivity contribution in [2.45, 2.75) is 91.1 Å². The van der Waals surface area contributed by atoms with Crippen LogP contribution in [0.4, 0.5) is 0 Å². The molecule has 24 heavy (non-hydrogen) atoms. The Kier molecular flexibility index (Phi) is 5.69. The van der Waals surface area contributed by atoms with E-state index in [9.17, 15) is 5.11 Å². The van der Waals surface area contributed by atoms with Crippen LogP contribution in [0.2, 0.25) is 0 Å². The molecule has 1 fully saturated rings. The van der Waals surface area contributed by atoms with Gasteiger partial charge in [0.1, 0.15) is 5.75 Å². The summed E-state index contributed by atoms with van der Waals surface area (Å²) in [6.07, 6.45) is 5.00. The van der Waals surface area contributed by atoms with Gasteiger partial charge in [-0.05, 0) is 64.8 Å². The first-order valence-corrected chi connectivity index (χ1v) is 9.53. The SMILES string of the molecule is CCCC1CCC(c2cc(C(C)(C)C)c(O)c(C(C)(C)C)c2)OC1. The molecule has 136 valence electrons. The number of phenols is 1. The highest BCUT2D eigenvalue weighted by Gasteiger charge is 2.30. The summed E-state index contributed by atoms with van der Waals surface area (Å²) in [4.78, 5) is 0. The molecule has 0 amide bonds. The highest BCUT2D eigenvalue weighted by molar-refractivity contribution is 5.50. The number of rotatable bonds is 3. The summed E-state index contributed by atoms with van der Waals surface area (Å²) in [5, 5.41) is 10.9. The van der Waals surface area contributed by atoms with Gasteiger partial charge in [-0.15, -0.1) is 0 Å². The fraction of sp³-hybridized carbons (Fsp3) is 0.727. The average molecular weight is 333 g/mol. The van der Waals surface area contributed by atoms with Crippen molar-refractivity contribution in [3.63, 3.8) is 0 Å². The van der Waals surface area contributed by atoms with E-state index in [1.165, 1.54) is 24.8 Å². The zero-order chi connectivity index (χ0) is 18.1. The first-order valence-electron chi connectivity index (χ1n) is 9.53. The maximum absolute atomic E-state index is 10.9. The van der Waals surface area contributed by atoms with Crippen molar-refractivity contribution in [2.24, 2.45) is 5.92 Å². The lowest BCUT2D eigenvalue weighted by molar-refractivity contribution is -0.0196. The van der Waals surface area contributed by atoms with Gasteiger partial charge in [0.15, 0.2) is 0 Å². The third-order valence-corrected chi connectivity index (χ3v) is 5.19. The minimum atomic E-state index is -0.0838. The highest BCUT2D eigenvalue weighted by atomic mass is 16.5. The smallest absolute Gasteiger partial charge is 0.123 e. The van der Waals surface area contributed by atoms with Crippen LogP contribution in [0.25, 0.3) is 0 Å². The number of hydrogen-bond donors (Lipinski definition) is 1. The van der Waals surface area contributed by atoms with Gasteiger partial charge in [0.2, 0.25) is 0 Å². The summed E-state index contributed by atoms with van der Waals surface area (Å²) in [6, 6.07) is 4.35. The quantitative estimate of drug-likeness (QED) is 0.708. The lowest BCUT2D eigenvalue weighted by Crippen LogP contribution is -2.23. The molecule has 1 aromatic rings. The summed E-state index contributed by atoms with van der Waals surface area (Å²) in [5.74, 6) is 1.17. The second-order valence-corrected chi connectivity index (χ2v) is 9.52. The molecule has 1 heterocycles. The Labute approximate surface area is 148 Å². The summed E-state index contributed by atoms with van der Waals surface area (Å²) >= 11 is 0. The molecule has 2 rings (SSSR count). The Morgan fingerprint density at radius 1 is 1.00 bits per heavy atom. The minimum absolute atomic E-state index is 0.0838. The van der Waals surface area contributed by atoms with Gasteiger partial charge in [-0.1, -0.05) is 54.9 Å². The van der Waals surface area contributed by atoms with Crippen molar-refractivity contribution in [3.8, 4) is 5.75 Å². The van der Waals surface area contributed by atoms with E-state index < -0.39 is 0 Å². The van der Waals surface area contributed by atoms with Crippen molar-refractivity contribution >= 4 is 0 Å². The fourth-order valence-electron chi connectivity index (χ4n) is 3.69. The molecule has 2 unspecified atom stereocenters. The zero-order valence-corrected chi connectivity index (χ0v) is 16.7. The first kappa shape index (κ1) is 19.3. The topological polar surface area (TPSA) is 29.5 Å². The van der Waals surface area contributed by atoms with Gasteiger partial charge in [0.05, 0.1) is 12.7 Å². The Hall–Kier alpha value is -1.02. The van der Waals surface area contributed by atoms with Crippen LogP contribution >= 0.6 is 0 Å². The maximum Gasteiger partial charge on any atom is 0.123 e.